The van der Waals surface area contributed by atoms with Gasteiger partial charge in [0.25, 0.3) is 5.89 Å². The Kier molecular flexibility index (Phi) is 2.80. The predicted molar refractivity (Wildman–Crippen MR) is 74.9 cm³/mol. The minimum atomic E-state index is -0.954. The summed E-state index contributed by atoms with van der Waals surface area (Å²) in [7, 11) is 0. The van der Waals surface area contributed by atoms with Crippen LogP contribution in [-0.2, 0) is 0 Å². The number of hydrogen-bond acceptors (Lipinski definition) is 4. The molecule has 0 amide bonds. The van der Waals surface area contributed by atoms with Gasteiger partial charge in [-0.05, 0) is 49.3 Å². The minimum Gasteiger partial charge on any atom is -0.478 e. The molecule has 0 radical (unpaired) electrons. The average Bonchev–Trinajstić information content (AvgIpc) is 3.23. The highest BCUT2D eigenvalue weighted by Gasteiger charge is 2.42. The lowest BCUT2D eigenvalue weighted by atomic mass is 9.88. The van der Waals surface area contributed by atoms with Gasteiger partial charge in [0, 0.05) is 11.5 Å². The standard InChI is InChI=1S/C16H16N2O3/c19-16(20)12-3-1-2-11(8-12)15-17-14(18-21-15)13-7-9-4-5-10(13)6-9/h1-3,8-10,13H,4-7H2,(H,19,20). The molecule has 1 heterocycles. The number of aromatic carboxylic acids is 1. The molecule has 108 valence electrons. The van der Waals surface area contributed by atoms with Gasteiger partial charge in [0.1, 0.15) is 0 Å². The SMILES string of the molecule is O=C(O)c1cccc(-c2nc(C3CC4CCC3C4)no2)c1. The Morgan fingerprint density at radius 2 is 2.19 bits per heavy atom. The maximum absolute atomic E-state index is 11.0. The van der Waals surface area contributed by atoms with Crippen molar-refractivity contribution in [1.82, 2.24) is 10.1 Å². The number of carbonyl (C=O) groups is 1. The van der Waals surface area contributed by atoms with Gasteiger partial charge < -0.3 is 9.63 Å². The van der Waals surface area contributed by atoms with E-state index in [1.165, 1.54) is 25.7 Å². The molecule has 2 aliphatic carbocycles. The molecule has 1 aromatic carbocycles. The van der Waals surface area contributed by atoms with Crippen LogP contribution in [-0.4, -0.2) is 21.2 Å². The summed E-state index contributed by atoms with van der Waals surface area (Å²) in [4.78, 5) is 15.5. The molecule has 1 aromatic heterocycles. The first-order chi connectivity index (χ1) is 10.2. The van der Waals surface area contributed by atoms with E-state index in [1.54, 1.807) is 24.3 Å². The number of hydrogen-bond donors (Lipinski definition) is 1. The Hall–Kier alpha value is -2.17. The summed E-state index contributed by atoms with van der Waals surface area (Å²) in [5.41, 5.74) is 0.893. The molecule has 4 rings (SSSR count). The van der Waals surface area contributed by atoms with Crippen molar-refractivity contribution in [3.8, 4) is 11.5 Å². The molecule has 2 aliphatic rings. The fourth-order valence-corrected chi connectivity index (χ4v) is 3.85. The first-order valence-corrected chi connectivity index (χ1v) is 7.38. The summed E-state index contributed by atoms with van der Waals surface area (Å²) in [6.07, 6.45) is 5.07. The van der Waals surface area contributed by atoms with E-state index in [0.29, 0.717) is 23.3 Å². The van der Waals surface area contributed by atoms with E-state index in [1.807, 2.05) is 0 Å². The van der Waals surface area contributed by atoms with Crippen LogP contribution in [0.4, 0.5) is 0 Å². The first-order valence-electron chi connectivity index (χ1n) is 7.38. The largest absolute Gasteiger partial charge is 0.478 e. The van der Waals surface area contributed by atoms with Gasteiger partial charge >= 0.3 is 5.97 Å². The van der Waals surface area contributed by atoms with Gasteiger partial charge in [0.2, 0.25) is 0 Å². The summed E-state index contributed by atoms with van der Waals surface area (Å²) >= 11 is 0. The molecule has 0 aliphatic heterocycles. The van der Waals surface area contributed by atoms with Crippen LogP contribution >= 0.6 is 0 Å². The summed E-state index contributed by atoms with van der Waals surface area (Å²) in [6, 6.07) is 6.62. The van der Waals surface area contributed by atoms with Gasteiger partial charge in [-0.25, -0.2) is 4.79 Å². The van der Waals surface area contributed by atoms with Crippen LogP contribution in [0, 0.1) is 11.8 Å². The maximum Gasteiger partial charge on any atom is 0.335 e. The van der Waals surface area contributed by atoms with Crippen molar-refractivity contribution >= 4 is 5.97 Å². The molecule has 1 N–H and O–H groups in total. The van der Waals surface area contributed by atoms with Crippen molar-refractivity contribution < 1.29 is 14.4 Å². The Bertz CT molecular complexity index is 694. The third-order valence-electron chi connectivity index (χ3n) is 4.87. The molecule has 2 bridgehead atoms. The summed E-state index contributed by atoms with van der Waals surface area (Å²) in [6.45, 7) is 0. The number of carboxylic acids is 1. The van der Waals surface area contributed by atoms with Crippen molar-refractivity contribution in [2.24, 2.45) is 11.8 Å². The van der Waals surface area contributed by atoms with E-state index in [4.69, 9.17) is 9.63 Å². The van der Waals surface area contributed by atoms with Crippen LogP contribution in [0.5, 0.6) is 0 Å². The Balaban J connectivity index is 1.62. The molecular formula is C16H16N2O3. The molecule has 3 unspecified atom stereocenters. The van der Waals surface area contributed by atoms with Gasteiger partial charge in [-0.1, -0.05) is 17.6 Å². The number of carboxylic acid groups (broad SMARTS) is 1. The smallest absolute Gasteiger partial charge is 0.335 e. The third-order valence-corrected chi connectivity index (χ3v) is 4.87. The van der Waals surface area contributed by atoms with E-state index >= 15 is 0 Å². The van der Waals surface area contributed by atoms with Crippen molar-refractivity contribution in [2.45, 2.75) is 31.6 Å². The van der Waals surface area contributed by atoms with E-state index in [9.17, 15) is 4.79 Å². The minimum absolute atomic E-state index is 0.229. The molecule has 0 spiro atoms. The van der Waals surface area contributed by atoms with Crippen molar-refractivity contribution in [3.63, 3.8) is 0 Å². The normalized spacial score (nSPS) is 27.1. The van der Waals surface area contributed by atoms with Gasteiger partial charge in [-0.15, -0.1) is 0 Å². The van der Waals surface area contributed by atoms with Gasteiger partial charge in [-0.3, -0.25) is 0 Å². The van der Waals surface area contributed by atoms with E-state index in [0.717, 1.165) is 11.7 Å². The second-order valence-corrected chi connectivity index (χ2v) is 6.13. The fourth-order valence-electron chi connectivity index (χ4n) is 3.85. The summed E-state index contributed by atoms with van der Waals surface area (Å²) in [5, 5.41) is 13.2. The highest BCUT2D eigenvalue weighted by atomic mass is 16.5. The quantitative estimate of drug-likeness (QED) is 0.935. The number of nitrogens with zero attached hydrogens (tertiary/aromatic N) is 2. The molecule has 2 aromatic rings. The maximum atomic E-state index is 11.0. The number of benzene rings is 1. The van der Waals surface area contributed by atoms with Crippen LogP contribution in [0.15, 0.2) is 28.8 Å². The zero-order valence-corrected chi connectivity index (χ0v) is 11.5. The molecule has 0 saturated heterocycles. The van der Waals surface area contributed by atoms with Gasteiger partial charge in [-0.2, -0.15) is 4.98 Å². The molecule has 21 heavy (non-hydrogen) atoms. The number of rotatable bonds is 3. The second kappa shape index (κ2) is 4.69. The van der Waals surface area contributed by atoms with E-state index in [-0.39, 0.29) is 5.56 Å². The lowest BCUT2D eigenvalue weighted by molar-refractivity contribution is 0.0697. The molecule has 2 saturated carbocycles. The van der Waals surface area contributed by atoms with Crippen LogP contribution in [0.25, 0.3) is 11.5 Å². The molecule has 5 nitrogen and oxygen atoms in total. The lowest BCUT2D eigenvalue weighted by Crippen LogP contribution is -2.09. The van der Waals surface area contributed by atoms with Crippen molar-refractivity contribution in [1.29, 1.82) is 0 Å². The van der Waals surface area contributed by atoms with Crippen LogP contribution in [0.3, 0.4) is 0 Å². The van der Waals surface area contributed by atoms with Crippen molar-refractivity contribution in [2.75, 3.05) is 0 Å². The topological polar surface area (TPSA) is 76.2 Å². The van der Waals surface area contributed by atoms with Crippen LogP contribution < -0.4 is 0 Å². The summed E-state index contributed by atoms with van der Waals surface area (Å²) in [5.74, 6) is 2.20. The predicted octanol–water partition coefficient (Wildman–Crippen LogP) is 3.34. The zero-order valence-electron chi connectivity index (χ0n) is 11.5. The third kappa shape index (κ3) is 2.13. The Morgan fingerprint density at radius 3 is 2.90 bits per heavy atom. The Labute approximate surface area is 122 Å². The van der Waals surface area contributed by atoms with Crippen LogP contribution in [0.2, 0.25) is 0 Å². The monoisotopic (exact) mass is 284 g/mol. The molecule has 2 fully saturated rings. The van der Waals surface area contributed by atoms with Gasteiger partial charge in [0.15, 0.2) is 5.82 Å². The first kappa shape index (κ1) is 12.6. The number of aromatic nitrogens is 2. The molecular weight excluding hydrogens is 268 g/mol. The van der Waals surface area contributed by atoms with Crippen molar-refractivity contribution in [3.05, 3.63) is 35.7 Å². The second-order valence-electron chi connectivity index (χ2n) is 6.13. The van der Waals surface area contributed by atoms with E-state index in [2.05, 4.69) is 10.1 Å². The molecule has 3 atom stereocenters. The van der Waals surface area contributed by atoms with Crippen LogP contribution in [0.1, 0.15) is 47.8 Å². The zero-order chi connectivity index (χ0) is 14.4. The average molecular weight is 284 g/mol. The summed E-state index contributed by atoms with van der Waals surface area (Å²) < 4.78 is 5.35. The molecule has 5 heteroatoms. The lowest BCUT2D eigenvalue weighted by Gasteiger charge is -2.17. The highest BCUT2D eigenvalue weighted by molar-refractivity contribution is 5.88. The number of fused-ring (bicyclic) bond motifs is 2. The highest BCUT2D eigenvalue weighted by Crippen LogP contribution is 2.52. The Morgan fingerprint density at radius 1 is 1.29 bits per heavy atom. The fraction of sp³-hybridized carbons (Fsp3) is 0.438. The van der Waals surface area contributed by atoms with E-state index < -0.39 is 5.97 Å². The van der Waals surface area contributed by atoms with Gasteiger partial charge in [0.05, 0.1) is 5.56 Å².